The lowest BCUT2D eigenvalue weighted by atomic mass is 10.1. The molecule has 1 heterocycles. The van der Waals surface area contributed by atoms with Gasteiger partial charge < -0.3 is 14.8 Å². The van der Waals surface area contributed by atoms with Crippen molar-refractivity contribution in [2.75, 3.05) is 13.2 Å². The molecule has 3 rings (SSSR count). The van der Waals surface area contributed by atoms with Crippen LogP contribution in [0.5, 0.6) is 5.75 Å². The topological polar surface area (TPSA) is 30.5 Å². The second-order valence-electron chi connectivity index (χ2n) is 6.33. The highest BCUT2D eigenvalue weighted by Crippen LogP contribution is 2.30. The molecule has 116 valence electrons. The molecule has 21 heavy (non-hydrogen) atoms. The van der Waals surface area contributed by atoms with Crippen molar-refractivity contribution in [1.82, 2.24) is 5.32 Å². The smallest absolute Gasteiger partial charge is 0.124 e. The molecular weight excluding hydrogens is 262 g/mol. The normalized spacial score (nSPS) is 24.3. The van der Waals surface area contributed by atoms with Gasteiger partial charge in [0.15, 0.2) is 0 Å². The summed E-state index contributed by atoms with van der Waals surface area (Å²) in [4.78, 5) is 0. The van der Waals surface area contributed by atoms with E-state index in [2.05, 4.69) is 36.5 Å². The first-order valence-corrected chi connectivity index (χ1v) is 8.43. The Kier molecular flexibility index (Phi) is 5.15. The lowest BCUT2D eigenvalue weighted by Crippen LogP contribution is -2.29. The number of benzene rings is 1. The third-order valence-corrected chi connectivity index (χ3v) is 4.66. The van der Waals surface area contributed by atoms with Crippen molar-refractivity contribution in [3.63, 3.8) is 0 Å². The zero-order valence-corrected chi connectivity index (χ0v) is 13.0. The Labute approximate surface area is 128 Å². The lowest BCUT2D eigenvalue weighted by molar-refractivity contribution is 0.107. The van der Waals surface area contributed by atoms with Gasteiger partial charge in [-0.05, 0) is 51.5 Å². The van der Waals surface area contributed by atoms with Crippen LogP contribution < -0.4 is 10.1 Å². The fourth-order valence-electron chi connectivity index (χ4n) is 3.35. The van der Waals surface area contributed by atoms with Crippen molar-refractivity contribution >= 4 is 0 Å². The van der Waals surface area contributed by atoms with Gasteiger partial charge in [0.05, 0.1) is 12.2 Å². The molecule has 0 amide bonds. The molecule has 0 bridgehead atoms. The van der Waals surface area contributed by atoms with Crippen LogP contribution in [0.15, 0.2) is 24.3 Å². The summed E-state index contributed by atoms with van der Waals surface area (Å²) >= 11 is 0. The summed E-state index contributed by atoms with van der Waals surface area (Å²) in [6.45, 7) is 4.06. The summed E-state index contributed by atoms with van der Waals surface area (Å²) in [5, 5.41) is 3.60. The molecule has 0 radical (unpaired) electrons. The Morgan fingerprint density at radius 1 is 1.19 bits per heavy atom. The van der Waals surface area contributed by atoms with Gasteiger partial charge in [0.1, 0.15) is 5.75 Å². The van der Waals surface area contributed by atoms with Gasteiger partial charge in [0.25, 0.3) is 0 Å². The van der Waals surface area contributed by atoms with Crippen LogP contribution in [0, 0.1) is 0 Å². The molecular formula is C18H27NO2. The van der Waals surface area contributed by atoms with E-state index in [-0.39, 0.29) is 0 Å². The van der Waals surface area contributed by atoms with Crippen LogP contribution in [0.2, 0.25) is 0 Å². The number of rotatable bonds is 6. The van der Waals surface area contributed by atoms with E-state index in [1.807, 2.05) is 0 Å². The van der Waals surface area contributed by atoms with Crippen LogP contribution >= 0.6 is 0 Å². The molecule has 1 saturated carbocycles. The van der Waals surface area contributed by atoms with E-state index in [9.17, 15) is 0 Å². The first-order valence-electron chi connectivity index (χ1n) is 8.43. The van der Waals surface area contributed by atoms with Crippen molar-refractivity contribution in [1.29, 1.82) is 0 Å². The molecule has 3 nitrogen and oxygen atoms in total. The maximum Gasteiger partial charge on any atom is 0.124 e. The zero-order valence-electron chi connectivity index (χ0n) is 13.0. The van der Waals surface area contributed by atoms with Crippen molar-refractivity contribution in [3.05, 3.63) is 29.8 Å². The maximum atomic E-state index is 6.23. The fraction of sp³-hybridized carbons (Fsp3) is 0.667. The second kappa shape index (κ2) is 7.28. The molecule has 1 N–H and O–H groups in total. The van der Waals surface area contributed by atoms with Gasteiger partial charge in [0, 0.05) is 24.8 Å². The number of para-hydroxylation sites is 1. The highest BCUT2D eigenvalue weighted by molar-refractivity contribution is 5.35. The minimum Gasteiger partial charge on any atom is -0.490 e. The summed E-state index contributed by atoms with van der Waals surface area (Å²) in [7, 11) is 0. The maximum absolute atomic E-state index is 6.23. The summed E-state index contributed by atoms with van der Waals surface area (Å²) in [6, 6.07) is 8.75. The molecule has 1 aromatic carbocycles. The Morgan fingerprint density at radius 3 is 2.76 bits per heavy atom. The number of hydrogen-bond acceptors (Lipinski definition) is 3. The first kappa shape index (κ1) is 14.9. The van der Waals surface area contributed by atoms with E-state index < -0.39 is 0 Å². The first-order chi connectivity index (χ1) is 10.3. The Hall–Kier alpha value is -1.06. The van der Waals surface area contributed by atoms with E-state index in [0.29, 0.717) is 18.2 Å². The SMILES string of the molecule is C[C@H](NC[C@H]1CCCO1)c1ccccc1OC1CCCC1. The van der Waals surface area contributed by atoms with Gasteiger partial charge in [-0.3, -0.25) is 0 Å². The summed E-state index contributed by atoms with van der Waals surface area (Å²) < 4.78 is 11.9. The van der Waals surface area contributed by atoms with Gasteiger partial charge in [-0.25, -0.2) is 0 Å². The number of nitrogens with one attached hydrogen (secondary N) is 1. The largest absolute Gasteiger partial charge is 0.490 e. The predicted octanol–water partition coefficient (Wildman–Crippen LogP) is 3.84. The Bertz CT molecular complexity index is 437. The molecule has 0 unspecified atom stereocenters. The highest BCUT2D eigenvalue weighted by Gasteiger charge is 2.20. The third-order valence-electron chi connectivity index (χ3n) is 4.66. The number of hydrogen-bond donors (Lipinski definition) is 1. The van der Waals surface area contributed by atoms with E-state index in [1.54, 1.807) is 0 Å². The summed E-state index contributed by atoms with van der Waals surface area (Å²) in [6.07, 6.45) is 8.19. The van der Waals surface area contributed by atoms with Crippen LogP contribution in [0.3, 0.4) is 0 Å². The van der Waals surface area contributed by atoms with Gasteiger partial charge in [-0.15, -0.1) is 0 Å². The third kappa shape index (κ3) is 3.98. The molecule has 2 atom stereocenters. The minimum absolute atomic E-state index is 0.298. The van der Waals surface area contributed by atoms with Gasteiger partial charge in [0.2, 0.25) is 0 Å². The zero-order chi connectivity index (χ0) is 14.5. The summed E-state index contributed by atoms with van der Waals surface area (Å²) in [5.74, 6) is 1.05. The van der Waals surface area contributed by atoms with Gasteiger partial charge in [-0.1, -0.05) is 18.2 Å². The molecule has 1 saturated heterocycles. The van der Waals surface area contributed by atoms with Crippen LogP contribution in [-0.4, -0.2) is 25.4 Å². The average molecular weight is 289 g/mol. The molecule has 1 aromatic rings. The average Bonchev–Trinajstić information content (AvgIpc) is 3.18. The van der Waals surface area contributed by atoms with Crippen LogP contribution in [-0.2, 0) is 4.74 Å². The molecule has 0 spiro atoms. The quantitative estimate of drug-likeness (QED) is 0.863. The van der Waals surface area contributed by atoms with Crippen LogP contribution in [0.25, 0.3) is 0 Å². The Balaban J connectivity index is 1.59. The Morgan fingerprint density at radius 2 is 2.00 bits per heavy atom. The molecule has 2 fully saturated rings. The number of ether oxygens (including phenoxy) is 2. The summed E-state index contributed by atoms with van der Waals surface area (Å²) in [5.41, 5.74) is 1.27. The molecule has 1 aliphatic heterocycles. The lowest BCUT2D eigenvalue weighted by Gasteiger charge is -2.22. The molecule has 2 aliphatic rings. The van der Waals surface area contributed by atoms with Gasteiger partial charge in [-0.2, -0.15) is 0 Å². The van der Waals surface area contributed by atoms with E-state index in [1.165, 1.54) is 44.1 Å². The second-order valence-corrected chi connectivity index (χ2v) is 6.33. The molecule has 0 aromatic heterocycles. The fourth-order valence-corrected chi connectivity index (χ4v) is 3.35. The minimum atomic E-state index is 0.298. The molecule has 3 heteroatoms. The predicted molar refractivity (Wildman–Crippen MR) is 84.7 cm³/mol. The van der Waals surface area contributed by atoms with Crippen molar-refractivity contribution in [3.8, 4) is 5.75 Å². The van der Waals surface area contributed by atoms with Crippen molar-refractivity contribution in [2.45, 2.75) is 63.7 Å². The van der Waals surface area contributed by atoms with Crippen LogP contribution in [0.4, 0.5) is 0 Å². The van der Waals surface area contributed by atoms with Crippen molar-refractivity contribution in [2.24, 2.45) is 0 Å². The van der Waals surface area contributed by atoms with Crippen molar-refractivity contribution < 1.29 is 9.47 Å². The standard InChI is InChI=1S/C18H27NO2/c1-14(19-13-16-9-6-12-20-16)17-10-4-5-11-18(17)21-15-7-2-3-8-15/h4-5,10-11,14-16,19H,2-3,6-9,12-13H2,1H3/t14-,16+/m0/s1. The highest BCUT2D eigenvalue weighted by atomic mass is 16.5. The molecule has 1 aliphatic carbocycles. The van der Waals surface area contributed by atoms with Gasteiger partial charge >= 0.3 is 0 Å². The van der Waals surface area contributed by atoms with E-state index in [4.69, 9.17) is 9.47 Å². The van der Waals surface area contributed by atoms with E-state index >= 15 is 0 Å². The van der Waals surface area contributed by atoms with E-state index in [0.717, 1.165) is 18.9 Å². The monoisotopic (exact) mass is 289 g/mol. The van der Waals surface area contributed by atoms with Crippen LogP contribution in [0.1, 0.15) is 57.1 Å².